The van der Waals surface area contributed by atoms with E-state index in [1.807, 2.05) is 34.9 Å². The number of rotatable bonds is 3. The van der Waals surface area contributed by atoms with Gasteiger partial charge in [0.1, 0.15) is 5.82 Å². The maximum Gasteiger partial charge on any atom is 0.210 e. The summed E-state index contributed by atoms with van der Waals surface area (Å²) in [6.45, 7) is 0. The summed E-state index contributed by atoms with van der Waals surface area (Å²) < 4.78 is 29.3. The fraction of sp³-hybridized carbons (Fsp3) is 0. The molecule has 7 aromatic carbocycles. The van der Waals surface area contributed by atoms with Crippen LogP contribution in [0.4, 0.5) is 0 Å². The van der Waals surface area contributed by atoms with E-state index in [-0.39, 0.29) is 4.90 Å². The summed E-state index contributed by atoms with van der Waals surface area (Å²) in [5.74, 6) is 0.713. The molecule has 0 unspecified atom stereocenters. The lowest BCUT2D eigenvalue weighted by atomic mass is 9.85. The van der Waals surface area contributed by atoms with Gasteiger partial charge in [0.05, 0.1) is 26.5 Å². The number of nitrogens with zero attached hydrogens (tertiary/aromatic N) is 2. The van der Waals surface area contributed by atoms with E-state index in [0.29, 0.717) is 27.4 Å². The molecule has 0 aliphatic carbocycles. The Morgan fingerprint density at radius 2 is 1.05 bits per heavy atom. The largest absolute Gasteiger partial charge is 0.290 e. The first-order valence-electron chi connectivity index (χ1n) is 14.6. The van der Waals surface area contributed by atoms with Gasteiger partial charge in [-0.05, 0) is 74.1 Å². The van der Waals surface area contributed by atoms with Crippen molar-refractivity contribution in [3.63, 3.8) is 0 Å². The summed E-state index contributed by atoms with van der Waals surface area (Å²) in [4.78, 5) is 5.65. The lowest BCUT2D eigenvalue weighted by Gasteiger charge is -2.21. The molecular weight excluding hydrogens is 561 g/mol. The summed E-state index contributed by atoms with van der Waals surface area (Å²) in [6, 6.07) is 48.8. The monoisotopic (exact) mass is 584 g/mol. The normalized spacial score (nSPS) is 13.4. The number of benzene rings is 7. The number of hydrogen-bond acceptors (Lipinski definition) is 3. The Balaban J connectivity index is 1.43. The number of para-hydroxylation sites is 2. The molecule has 0 radical (unpaired) electrons. The van der Waals surface area contributed by atoms with E-state index in [1.54, 1.807) is 24.3 Å². The van der Waals surface area contributed by atoms with Gasteiger partial charge in [-0.25, -0.2) is 13.4 Å². The minimum absolute atomic E-state index is 0.288. The fourth-order valence-electron chi connectivity index (χ4n) is 6.88. The van der Waals surface area contributed by atoms with Gasteiger partial charge in [-0.2, -0.15) is 0 Å². The Labute approximate surface area is 254 Å². The molecule has 2 heterocycles. The van der Waals surface area contributed by atoms with Crippen LogP contribution in [-0.2, 0) is 9.84 Å². The van der Waals surface area contributed by atoms with Crippen molar-refractivity contribution in [2.24, 2.45) is 0 Å². The molecule has 0 amide bonds. The van der Waals surface area contributed by atoms with Gasteiger partial charge < -0.3 is 0 Å². The van der Waals surface area contributed by atoms with Gasteiger partial charge >= 0.3 is 0 Å². The second kappa shape index (κ2) is 9.24. The highest BCUT2D eigenvalue weighted by atomic mass is 32.2. The van der Waals surface area contributed by atoms with E-state index in [0.717, 1.165) is 33.0 Å². The highest BCUT2D eigenvalue weighted by molar-refractivity contribution is 7.92. The van der Waals surface area contributed by atoms with Crippen molar-refractivity contribution in [1.82, 2.24) is 9.55 Å². The molecule has 0 saturated heterocycles. The molecule has 4 nitrogen and oxygen atoms in total. The lowest BCUT2D eigenvalue weighted by molar-refractivity contribution is 0.594. The molecule has 1 aromatic heterocycles. The SMILES string of the molecule is O=S1(=O)c2ccccc2-n2c(-c3ccc4c(-c5ccccc5)c5ccccc5c(-c5ccccc5)c4c3)nc3cccc1c32. The Morgan fingerprint density at radius 1 is 0.477 bits per heavy atom. The minimum atomic E-state index is -3.68. The first-order chi connectivity index (χ1) is 21.6. The van der Waals surface area contributed by atoms with Crippen LogP contribution in [0.3, 0.4) is 0 Å². The topological polar surface area (TPSA) is 52.0 Å². The van der Waals surface area contributed by atoms with Crippen LogP contribution in [0.5, 0.6) is 0 Å². The number of aromatic nitrogens is 2. The van der Waals surface area contributed by atoms with E-state index in [1.165, 1.54) is 16.3 Å². The van der Waals surface area contributed by atoms with E-state index >= 15 is 0 Å². The highest BCUT2D eigenvalue weighted by Crippen LogP contribution is 2.46. The summed E-state index contributed by atoms with van der Waals surface area (Å²) in [5.41, 5.74) is 7.46. The fourth-order valence-corrected chi connectivity index (χ4v) is 8.51. The zero-order chi connectivity index (χ0) is 29.4. The molecule has 44 heavy (non-hydrogen) atoms. The molecule has 9 rings (SSSR count). The maximum atomic E-state index is 13.7. The Hall–Kier alpha value is -5.52. The van der Waals surface area contributed by atoms with Crippen LogP contribution < -0.4 is 0 Å². The molecule has 0 atom stereocenters. The van der Waals surface area contributed by atoms with Crippen LogP contribution in [0.1, 0.15) is 0 Å². The second-order valence-electron chi connectivity index (χ2n) is 11.2. The highest BCUT2D eigenvalue weighted by Gasteiger charge is 2.33. The van der Waals surface area contributed by atoms with Gasteiger partial charge in [-0.3, -0.25) is 4.57 Å². The minimum Gasteiger partial charge on any atom is -0.290 e. The van der Waals surface area contributed by atoms with Crippen LogP contribution in [0.25, 0.3) is 71.9 Å². The van der Waals surface area contributed by atoms with E-state index < -0.39 is 9.84 Å². The predicted octanol–water partition coefficient (Wildman–Crippen LogP) is 9.48. The molecule has 0 bridgehead atoms. The van der Waals surface area contributed by atoms with Gasteiger partial charge in [0.2, 0.25) is 9.84 Å². The average molecular weight is 585 g/mol. The van der Waals surface area contributed by atoms with E-state index in [9.17, 15) is 8.42 Å². The standard InChI is InChI=1S/C39H24N2O2S/c42-44(43)34-20-10-9-19-33(34)41-38-32(18-11-21-35(38)44)40-39(41)27-22-23-30-31(24-27)37(26-14-5-2-6-15-26)29-17-8-7-16-28(29)36(30)25-12-3-1-4-13-25/h1-24H. The van der Waals surface area contributed by atoms with Crippen LogP contribution in [0, 0.1) is 0 Å². The van der Waals surface area contributed by atoms with Crippen LogP contribution in [-0.4, -0.2) is 18.0 Å². The molecule has 0 fully saturated rings. The van der Waals surface area contributed by atoms with Gasteiger partial charge in [0, 0.05) is 5.56 Å². The Morgan fingerprint density at radius 3 is 1.75 bits per heavy atom. The molecule has 0 spiro atoms. The summed E-state index contributed by atoms with van der Waals surface area (Å²) in [7, 11) is -3.68. The van der Waals surface area contributed by atoms with Crippen molar-refractivity contribution >= 4 is 42.4 Å². The third kappa shape index (κ3) is 3.44. The third-order valence-electron chi connectivity index (χ3n) is 8.73. The molecule has 5 heteroatoms. The van der Waals surface area contributed by atoms with Crippen molar-refractivity contribution < 1.29 is 8.42 Å². The molecule has 0 saturated carbocycles. The van der Waals surface area contributed by atoms with Gasteiger partial charge in [0.15, 0.2) is 0 Å². The van der Waals surface area contributed by atoms with Crippen molar-refractivity contribution in [3.8, 4) is 39.3 Å². The molecule has 208 valence electrons. The number of hydrogen-bond donors (Lipinski definition) is 0. The smallest absolute Gasteiger partial charge is 0.210 e. The first-order valence-corrected chi connectivity index (χ1v) is 16.1. The molecule has 1 aliphatic heterocycles. The Bertz CT molecular complexity index is 2550. The second-order valence-corrected chi connectivity index (χ2v) is 13.0. The van der Waals surface area contributed by atoms with Crippen LogP contribution in [0.15, 0.2) is 155 Å². The molecule has 0 N–H and O–H groups in total. The number of fused-ring (bicyclic) bond motifs is 4. The third-order valence-corrected chi connectivity index (χ3v) is 10.6. The molecule has 8 aromatic rings. The summed E-state index contributed by atoms with van der Waals surface area (Å²) in [5, 5.41) is 4.64. The van der Waals surface area contributed by atoms with Gasteiger partial charge in [0.25, 0.3) is 0 Å². The van der Waals surface area contributed by atoms with Crippen molar-refractivity contribution in [3.05, 3.63) is 146 Å². The first kappa shape index (κ1) is 25.0. The lowest BCUT2D eigenvalue weighted by Crippen LogP contribution is -2.14. The van der Waals surface area contributed by atoms with Crippen molar-refractivity contribution in [2.45, 2.75) is 9.79 Å². The zero-order valence-electron chi connectivity index (χ0n) is 23.5. The van der Waals surface area contributed by atoms with Crippen LogP contribution >= 0.6 is 0 Å². The predicted molar refractivity (Wildman–Crippen MR) is 178 cm³/mol. The maximum absolute atomic E-state index is 13.7. The number of imidazole rings is 1. The van der Waals surface area contributed by atoms with E-state index in [2.05, 4.69) is 91.0 Å². The number of sulfone groups is 1. The van der Waals surface area contributed by atoms with Crippen LogP contribution in [0.2, 0.25) is 0 Å². The Kier molecular flexibility index (Phi) is 5.25. The van der Waals surface area contributed by atoms with Crippen molar-refractivity contribution in [2.75, 3.05) is 0 Å². The quantitative estimate of drug-likeness (QED) is 0.194. The summed E-state index contributed by atoms with van der Waals surface area (Å²) in [6.07, 6.45) is 0. The van der Waals surface area contributed by atoms with Gasteiger partial charge in [-0.1, -0.05) is 115 Å². The molecule has 1 aliphatic rings. The zero-order valence-corrected chi connectivity index (χ0v) is 24.3. The van der Waals surface area contributed by atoms with Crippen molar-refractivity contribution in [1.29, 1.82) is 0 Å². The van der Waals surface area contributed by atoms with E-state index in [4.69, 9.17) is 4.98 Å². The van der Waals surface area contributed by atoms with Gasteiger partial charge in [-0.15, -0.1) is 0 Å². The average Bonchev–Trinajstić information content (AvgIpc) is 3.47. The summed E-state index contributed by atoms with van der Waals surface area (Å²) >= 11 is 0. The molecular formula is C39H24N2O2S.